The molecule has 1 heterocycles. The summed E-state index contributed by atoms with van der Waals surface area (Å²) in [4.78, 5) is 8.02. The first-order valence-corrected chi connectivity index (χ1v) is 6.60. The van der Waals surface area contributed by atoms with Gasteiger partial charge < -0.3 is 10.3 Å². The van der Waals surface area contributed by atoms with Crippen LogP contribution in [-0.2, 0) is 19.4 Å². The van der Waals surface area contributed by atoms with Crippen LogP contribution < -0.4 is 5.32 Å². The van der Waals surface area contributed by atoms with Crippen LogP contribution in [0.2, 0.25) is 0 Å². The summed E-state index contributed by atoms with van der Waals surface area (Å²) in [6.45, 7) is 2.88. The molecule has 0 radical (unpaired) electrons. The van der Waals surface area contributed by atoms with Crippen molar-refractivity contribution in [3.05, 3.63) is 40.8 Å². The van der Waals surface area contributed by atoms with E-state index in [2.05, 4.69) is 40.4 Å². The zero-order valence-electron chi connectivity index (χ0n) is 11.0. The first-order valence-electron chi connectivity index (χ1n) is 6.60. The maximum Gasteiger partial charge on any atom is 0.121 e. The summed E-state index contributed by atoms with van der Waals surface area (Å²) in [7, 11) is 1.94. The SMILES string of the molecule is CNCc1nc(-c2ccc3c(c2)CCC3)c(C)[nH]1. The largest absolute Gasteiger partial charge is 0.344 e. The quantitative estimate of drug-likeness (QED) is 0.867. The standard InChI is InChI=1S/C15H19N3/c1-10-15(18-14(17-10)9-16-2)13-7-6-11-4-3-5-12(11)8-13/h6-8,16H,3-5,9H2,1-2H3,(H,17,18). The van der Waals surface area contributed by atoms with Gasteiger partial charge in [0.25, 0.3) is 0 Å². The summed E-state index contributed by atoms with van der Waals surface area (Å²) in [5, 5.41) is 3.12. The van der Waals surface area contributed by atoms with Gasteiger partial charge in [0.05, 0.1) is 12.2 Å². The minimum absolute atomic E-state index is 0.784. The Labute approximate surface area is 108 Å². The van der Waals surface area contributed by atoms with E-state index in [9.17, 15) is 0 Å². The number of imidazole rings is 1. The molecule has 1 aromatic carbocycles. The predicted molar refractivity (Wildman–Crippen MR) is 73.5 cm³/mol. The number of aryl methyl sites for hydroxylation is 3. The van der Waals surface area contributed by atoms with Crippen LogP contribution in [0.3, 0.4) is 0 Å². The van der Waals surface area contributed by atoms with Crippen molar-refractivity contribution in [2.24, 2.45) is 0 Å². The fraction of sp³-hybridized carbons (Fsp3) is 0.400. The first kappa shape index (κ1) is 11.5. The number of nitrogens with one attached hydrogen (secondary N) is 2. The Morgan fingerprint density at radius 3 is 2.94 bits per heavy atom. The molecule has 3 heteroatoms. The minimum atomic E-state index is 0.784. The highest BCUT2D eigenvalue weighted by Gasteiger charge is 2.14. The minimum Gasteiger partial charge on any atom is -0.344 e. The van der Waals surface area contributed by atoms with Gasteiger partial charge in [-0.15, -0.1) is 0 Å². The van der Waals surface area contributed by atoms with Gasteiger partial charge in [-0.3, -0.25) is 0 Å². The molecule has 0 atom stereocenters. The Kier molecular flexibility index (Phi) is 2.92. The van der Waals surface area contributed by atoms with Gasteiger partial charge in [-0.2, -0.15) is 0 Å². The molecule has 94 valence electrons. The van der Waals surface area contributed by atoms with Gasteiger partial charge in [-0.05, 0) is 50.4 Å². The van der Waals surface area contributed by atoms with E-state index in [0.717, 1.165) is 23.8 Å². The van der Waals surface area contributed by atoms with Crippen LogP contribution in [0.1, 0.15) is 29.1 Å². The monoisotopic (exact) mass is 241 g/mol. The Morgan fingerprint density at radius 2 is 2.11 bits per heavy atom. The summed E-state index contributed by atoms with van der Waals surface area (Å²) >= 11 is 0. The smallest absolute Gasteiger partial charge is 0.121 e. The number of nitrogens with zero attached hydrogens (tertiary/aromatic N) is 1. The molecule has 1 aromatic heterocycles. The normalized spacial score (nSPS) is 13.9. The lowest BCUT2D eigenvalue weighted by molar-refractivity contribution is 0.770. The summed E-state index contributed by atoms with van der Waals surface area (Å²) in [5.74, 6) is 1.01. The molecule has 0 bridgehead atoms. The zero-order valence-corrected chi connectivity index (χ0v) is 11.0. The predicted octanol–water partition coefficient (Wildman–Crippen LogP) is 2.59. The number of H-pyrrole nitrogens is 1. The molecular weight excluding hydrogens is 222 g/mol. The van der Waals surface area contributed by atoms with Gasteiger partial charge in [0.2, 0.25) is 0 Å². The van der Waals surface area contributed by atoms with Gasteiger partial charge in [0.1, 0.15) is 5.82 Å². The van der Waals surface area contributed by atoms with Crippen LogP contribution in [0.15, 0.2) is 18.2 Å². The molecule has 0 aliphatic heterocycles. The molecule has 0 saturated heterocycles. The topological polar surface area (TPSA) is 40.7 Å². The van der Waals surface area contributed by atoms with E-state index < -0.39 is 0 Å². The van der Waals surface area contributed by atoms with Crippen LogP contribution >= 0.6 is 0 Å². The summed E-state index contributed by atoms with van der Waals surface area (Å²) < 4.78 is 0. The molecule has 0 amide bonds. The van der Waals surface area contributed by atoms with E-state index in [1.54, 1.807) is 0 Å². The van der Waals surface area contributed by atoms with Gasteiger partial charge >= 0.3 is 0 Å². The van der Waals surface area contributed by atoms with Crippen molar-refractivity contribution in [3.63, 3.8) is 0 Å². The molecule has 0 fully saturated rings. The highest BCUT2D eigenvalue weighted by atomic mass is 15.0. The fourth-order valence-corrected chi connectivity index (χ4v) is 2.77. The second kappa shape index (κ2) is 4.58. The highest BCUT2D eigenvalue weighted by molar-refractivity contribution is 5.64. The molecule has 0 spiro atoms. The van der Waals surface area contributed by atoms with Crippen molar-refractivity contribution >= 4 is 0 Å². The van der Waals surface area contributed by atoms with Gasteiger partial charge in [-0.25, -0.2) is 4.98 Å². The van der Waals surface area contributed by atoms with E-state index in [0.29, 0.717) is 0 Å². The molecule has 2 aromatic rings. The highest BCUT2D eigenvalue weighted by Crippen LogP contribution is 2.28. The van der Waals surface area contributed by atoms with Crippen molar-refractivity contribution in [2.45, 2.75) is 32.7 Å². The molecule has 3 rings (SSSR count). The number of rotatable bonds is 3. The van der Waals surface area contributed by atoms with Crippen LogP contribution in [0.5, 0.6) is 0 Å². The van der Waals surface area contributed by atoms with E-state index in [1.807, 2.05) is 7.05 Å². The molecule has 3 nitrogen and oxygen atoms in total. The van der Waals surface area contributed by atoms with E-state index >= 15 is 0 Å². The van der Waals surface area contributed by atoms with Crippen molar-refractivity contribution < 1.29 is 0 Å². The van der Waals surface area contributed by atoms with E-state index in [-0.39, 0.29) is 0 Å². The molecular formula is C15H19N3. The first-order chi connectivity index (χ1) is 8.78. The molecule has 1 aliphatic carbocycles. The lowest BCUT2D eigenvalue weighted by atomic mass is 10.0. The van der Waals surface area contributed by atoms with Crippen LogP contribution in [0.4, 0.5) is 0 Å². The van der Waals surface area contributed by atoms with Crippen molar-refractivity contribution in [1.82, 2.24) is 15.3 Å². The third-order valence-electron chi connectivity index (χ3n) is 3.65. The summed E-state index contributed by atoms with van der Waals surface area (Å²) in [6, 6.07) is 6.79. The fourth-order valence-electron chi connectivity index (χ4n) is 2.77. The number of aromatic nitrogens is 2. The number of hydrogen-bond donors (Lipinski definition) is 2. The number of fused-ring (bicyclic) bond motifs is 1. The lowest BCUT2D eigenvalue weighted by Crippen LogP contribution is -2.06. The molecule has 1 aliphatic rings. The van der Waals surface area contributed by atoms with Crippen LogP contribution in [0.25, 0.3) is 11.3 Å². The summed E-state index contributed by atoms with van der Waals surface area (Å²) in [5.41, 5.74) is 6.51. The second-order valence-electron chi connectivity index (χ2n) is 5.02. The maximum atomic E-state index is 4.68. The maximum absolute atomic E-state index is 4.68. The van der Waals surface area contributed by atoms with Crippen molar-refractivity contribution in [3.8, 4) is 11.3 Å². The Morgan fingerprint density at radius 1 is 1.28 bits per heavy atom. The van der Waals surface area contributed by atoms with E-state index in [1.165, 1.54) is 36.0 Å². The van der Waals surface area contributed by atoms with E-state index in [4.69, 9.17) is 0 Å². The number of benzene rings is 1. The average Bonchev–Trinajstić information content (AvgIpc) is 2.95. The molecule has 2 N–H and O–H groups in total. The van der Waals surface area contributed by atoms with Crippen molar-refractivity contribution in [2.75, 3.05) is 7.05 Å². The summed E-state index contributed by atoms with van der Waals surface area (Å²) in [6.07, 6.45) is 3.75. The number of hydrogen-bond acceptors (Lipinski definition) is 2. The Bertz CT molecular complexity index is 569. The second-order valence-corrected chi connectivity index (χ2v) is 5.02. The van der Waals surface area contributed by atoms with Gasteiger partial charge in [0, 0.05) is 11.3 Å². The third-order valence-corrected chi connectivity index (χ3v) is 3.65. The third kappa shape index (κ3) is 1.95. The average molecular weight is 241 g/mol. The zero-order chi connectivity index (χ0) is 12.5. The molecule has 0 unspecified atom stereocenters. The Hall–Kier alpha value is -1.61. The van der Waals surface area contributed by atoms with Gasteiger partial charge in [0.15, 0.2) is 0 Å². The number of aromatic amines is 1. The molecule has 0 saturated carbocycles. The van der Waals surface area contributed by atoms with Crippen LogP contribution in [0, 0.1) is 6.92 Å². The van der Waals surface area contributed by atoms with Crippen LogP contribution in [-0.4, -0.2) is 17.0 Å². The van der Waals surface area contributed by atoms with Crippen molar-refractivity contribution in [1.29, 1.82) is 0 Å². The molecule has 18 heavy (non-hydrogen) atoms. The van der Waals surface area contributed by atoms with Gasteiger partial charge in [-0.1, -0.05) is 12.1 Å². The lowest BCUT2D eigenvalue weighted by Gasteiger charge is -2.03. The Balaban J connectivity index is 1.99.